The van der Waals surface area contributed by atoms with E-state index in [1.165, 1.54) is 0 Å². The number of pyridine rings is 1. The van der Waals surface area contributed by atoms with Crippen LogP contribution in [0.4, 0.5) is 0 Å². The third kappa shape index (κ3) is 3.12. The molecule has 88 valence electrons. The molecule has 1 aromatic heterocycles. The average Bonchev–Trinajstić information content (AvgIpc) is 2.28. The summed E-state index contributed by atoms with van der Waals surface area (Å²) in [5.41, 5.74) is 5.56. The first-order valence-electron chi connectivity index (χ1n) is 5.12. The first-order valence-corrected chi connectivity index (χ1v) is 5.12. The van der Waals surface area contributed by atoms with Crippen LogP contribution in [0.15, 0.2) is 23.4 Å². The summed E-state index contributed by atoms with van der Waals surface area (Å²) in [4.78, 5) is 4.14. The van der Waals surface area contributed by atoms with Gasteiger partial charge in [-0.15, -0.1) is 0 Å². The zero-order valence-corrected chi connectivity index (χ0v) is 9.77. The van der Waals surface area contributed by atoms with Gasteiger partial charge in [0.05, 0.1) is 0 Å². The highest BCUT2D eigenvalue weighted by atomic mass is 16.5. The molecule has 1 rings (SSSR count). The maximum Gasteiger partial charge on any atom is 0.214 e. The predicted octanol–water partition coefficient (Wildman–Crippen LogP) is 1.74. The highest BCUT2D eigenvalue weighted by molar-refractivity contribution is 5.95. The van der Waals surface area contributed by atoms with Crippen molar-refractivity contribution in [1.82, 2.24) is 4.98 Å². The van der Waals surface area contributed by atoms with E-state index in [-0.39, 0.29) is 11.4 Å². The van der Waals surface area contributed by atoms with E-state index in [1.54, 1.807) is 18.2 Å². The number of aromatic nitrogens is 1. The van der Waals surface area contributed by atoms with Gasteiger partial charge in [-0.3, -0.25) is 0 Å². The van der Waals surface area contributed by atoms with Crippen LogP contribution in [0.2, 0.25) is 0 Å². The highest BCUT2D eigenvalue weighted by Crippen LogP contribution is 2.18. The van der Waals surface area contributed by atoms with Gasteiger partial charge >= 0.3 is 0 Å². The number of ether oxygens (including phenoxy) is 1. The van der Waals surface area contributed by atoms with Gasteiger partial charge in [0.1, 0.15) is 11.3 Å². The molecular formula is C11H17N3O2. The molecule has 0 aromatic carbocycles. The molecule has 0 saturated heterocycles. The number of amidine groups is 1. The number of rotatable bonds is 4. The van der Waals surface area contributed by atoms with Crippen molar-refractivity contribution in [3.05, 3.63) is 23.9 Å². The lowest BCUT2D eigenvalue weighted by Gasteiger charge is -2.24. The number of oxime groups is 1. The average molecular weight is 223 g/mol. The largest absolute Gasteiger partial charge is 0.472 e. The van der Waals surface area contributed by atoms with Crippen molar-refractivity contribution >= 4 is 5.84 Å². The van der Waals surface area contributed by atoms with Gasteiger partial charge in [0.15, 0.2) is 5.84 Å². The normalized spacial score (nSPS) is 12.6. The Labute approximate surface area is 94.9 Å². The van der Waals surface area contributed by atoms with E-state index in [0.717, 1.165) is 6.42 Å². The van der Waals surface area contributed by atoms with E-state index in [9.17, 15) is 0 Å². The molecule has 1 aromatic rings. The van der Waals surface area contributed by atoms with Gasteiger partial charge in [-0.05, 0) is 26.3 Å². The molecule has 0 aliphatic carbocycles. The standard InChI is InChI=1S/C11H17N3O2/c1-4-11(2,3)16-9-7-5-6-8(13-9)10(12)14-15/h5-7,15H,4H2,1-3H3,(H2,12,14). The van der Waals surface area contributed by atoms with Crippen molar-refractivity contribution in [2.24, 2.45) is 10.9 Å². The molecular weight excluding hydrogens is 206 g/mol. The second-order valence-electron chi connectivity index (χ2n) is 4.06. The van der Waals surface area contributed by atoms with Crippen LogP contribution in [0.25, 0.3) is 0 Å². The lowest BCUT2D eigenvalue weighted by Crippen LogP contribution is -2.27. The van der Waals surface area contributed by atoms with Crippen molar-refractivity contribution in [2.45, 2.75) is 32.8 Å². The molecule has 0 saturated carbocycles. The van der Waals surface area contributed by atoms with Crippen LogP contribution >= 0.6 is 0 Å². The van der Waals surface area contributed by atoms with E-state index in [1.807, 2.05) is 20.8 Å². The molecule has 16 heavy (non-hydrogen) atoms. The second-order valence-corrected chi connectivity index (χ2v) is 4.06. The van der Waals surface area contributed by atoms with Gasteiger partial charge < -0.3 is 15.7 Å². The Morgan fingerprint density at radius 2 is 2.25 bits per heavy atom. The fraction of sp³-hybridized carbons (Fsp3) is 0.455. The third-order valence-corrected chi connectivity index (χ3v) is 2.33. The summed E-state index contributed by atoms with van der Waals surface area (Å²) in [6.45, 7) is 5.99. The molecule has 0 amide bonds. The lowest BCUT2D eigenvalue weighted by molar-refractivity contribution is 0.0990. The second kappa shape index (κ2) is 4.83. The minimum atomic E-state index is -0.281. The molecule has 0 aliphatic heterocycles. The van der Waals surface area contributed by atoms with Gasteiger partial charge in [0.25, 0.3) is 0 Å². The van der Waals surface area contributed by atoms with Gasteiger partial charge in [-0.2, -0.15) is 0 Å². The van der Waals surface area contributed by atoms with Gasteiger partial charge in [0, 0.05) is 6.07 Å². The van der Waals surface area contributed by atoms with Gasteiger partial charge in [-0.25, -0.2) is 4.98 Å². The van der Waals surface area contributed by atoms with Crippen LogP contribution in [0.3, 0.4) is 0 Å². The zero-order chi connectivity index (χ0) is 12.2. The summed E-state index contributed by atoms with van der Waals surface area (Å²) in [7, 11) is 0. The smallest absolute Gasteiger partial charge is 0.214 e. The summed E-state index contributed by atoms with van der Waals surface area (Å²) in [6, 6.07) is 5.15. The molecule has 0 fully saturated rings. The summed E-state index contributed by atoms with van der Waals surface area (Å²) >= 11 is 0. The van der Waals surface area contributed by atoms with Crippen LogP contribution < -0.4 is 10.5 Å². The fourth-order valence-corrected chi connectivity index (χ4v) is 1.02. The first kappa shape index (κ1) is 12.3. The Morgan fingerprint density at radius 1 is 1.56 bits per heavy atom. The van der Waals surface area contributed by atoms with E-state index >= 15 is 0 Å². The molecule has 0 unspecified atom stereocenters. The number of nitrogens with two attached hydrogens (primary N) is 1. The SMILES string of the molecule is CCC(C)(C)Oc1cccc(C(N)=NO)n1. The molecule has 3 N–H and O–H groups in total. The topological polar surface area (TPSA) is 80.7 Å². The summed E-state index contributed by atoms with van der Waals surface area (Å²) in [5.74, 6) is 0.440. The highest BCUT2D eigenvalue weighted by Gasteiger charge is 2.17. The van der Waals surface area contributed by atoms with Crippen molar-refractivity contribution < 1.29 is 9.94 Å². The molecule has 0 radical (unpaired) electrons. The fourth-order valence-electron chi connectivity index (χ4n) is 1.02. The van der Waals surface area contributed by atoms with E-state index in [0.29, 0.717) is 11.6 Å². The molecule has 1 heterocycles. The molecule has 0 aliphatic rings. The Kier molecular flexibility index (Phi) is 3.71. The van der Waals surface area contributed by atoms with Crippen LogP contribution in [-0.2, 0) is 0 Å². The van der Waals surface area contributed by atoms with Crippen molar-refractivity contribution in [2.75, 3.05) is 0 Å². The maximum atomic E-state index is 8.54. The molecule has 0 atom stereocenters. The van der Waals surface area contributed by atoms with Crippen molar-refractivity contribution in [3.63, 3.8) is 0 Å². The van der Waals surface area contributed by atoms with Crippen molar-refractivity contribution in [1.29, 1.82) is 0 Å². The predicted molar refractivity (Wildman–Crippen MR) is 61.7 cm³/mol. The Morgan fingerprint density at radius 3 is 2.81 bits per heavy atom. The van der Waals surface area contributed by atoms with Crippen LogP contribution in [-0.4, -0.2) is 21.6 Å². The molecule has 5 nitrogen and oxygen atoms in total. The van der Waals surface area contributed by atoms with Gasteiger partial charge in [-0.1, -0.05) is 18.1 Å². The van der Waals surface area contributed by atoms with E-state index in [2.05, 4.69) is 10.1 Å². The number of nitrogens with zero attached hydrogens (tertiary/aromatic N) is 2. The Bertz CT molecular complexity index is 389. The first-order chi connectivity index (χ1) is 7.48. The third-order valence-electron chi connectivity index (χ3n) is 2.33. The molecule has 0 spiro atoms. The quantitative estimate of drug-likeness (QED) is 0.352. The number of hydrogen-bond acceptors (Lipinski definition) is 4. The molecule has 5 heteroatoms. The molecule has 0 bridgehead atoms. The number of hydrogen-bond donors (Lipinski definition) is 2. The van der Waals surface area contributed by atoms with E-state index < -0.39 is 0 Å². The Hall–Kier alpha value is -1.78. The van der Waals surface area contributed by atoms with Crippen LogP contribution in [0, 0.1) is 0 Å². The van der Waals surface area contributed by atoms with Crippen LogP contribution in [0.1, 0.15) is 32.9 Å². The summed E-state index contributed by atoms with van der Waals surface area (Å²) in [6.07, 6.45) is 0.864. The van der Waals surface area contributed by atoms with Gasteiger partial charge in [0.2, 0.25) is 5.88 Å². The van der Waals surface area contributed by atoms with Crippen LogP contribution in [0.5, 0.6) is 5.88 Å². The minimum Gasteiger partial charge on any atom is -0.472 e. The maximum absolute atomic E-state index is 8.54. The van der Waals surface area contributed by atoms with Crippen molar-refractivity contribution in [3.8, 4) is 5.88 Å². The zero-order valence-electron chi connectivity index (χ0n) is 9.77. The summed E-state index contributed by atoms with van der Waals surface area (Å²) < 4.78 is 5.68. The lowest BCUT2D eigenvalue weighted by atomic mass is 10.1. The van der Waals surface area contributed by atoms with E-state index in [4.69, 9.17) is 15.7 Å². The summed E-state index contributed by atoms with van der Waals surface area (Å²) in [5, 5.41) is 11.4. The minimum absolute atomic E-state index is 0.0280. The monoisotopic (exact) mass is 223 g/mol. The Balaban J connectivity index is 2.91.